The van der Waals surface area contributed by atoms with Crippen LogP contribution in [0.25, 0.3) is 15.9 Å². The highest BCUT2D eigenvalue weighted by atomic mass is 32.1. The van der Waals surface area contributed by atoms with E-state index in [0.29, 0.717) is 22.2 Å². The van der Waals surface area contributed by atoms with E-state index < -0.39 is 5.82 Å². The fourth-order valence-corrected chi connectivity index (χ4v) is 5.55. The fraction of sp³-hybridized carbons (Fsp3) is 0.348. The first-order valence-corrected chi connectivity index (χ1v) is 11.6. The lowest BCUT2D eigenvalue weighted by molar-refractivity contribution is 0.103. The van der Waals surface area contributed by atoms with Crippen LogP contribution in [0.3, 0.4) is 0 Å². The normalized spacial score (nSPS) is 19.7. The summed E-state index contributed by atoms with van der Waals surface area (Å²) in [5.41, 5.74) is 7.77. The number of aromatic nitrogens is 3. The quantitative estimate of drug-likeness (QED) is 0.491. The second kappa shape index (κ2) is 6.98. The van der Waals surface area contributed by atoms with E-state index in [1.165, 1.54) is 17.4 Å². The summed E-state index contributed by atoms with van der Waals surface area (Å²) in [6.07, 6.45) is 6.73. The number of hydrogen-bond acceptors (Lipinski definition) is 6. The highest BCUT2D eigenvalue weighted by Crippen LogP contribution is 2.44. The molecule has 0 radical (unpaired) electrons. The minimum absolute atomic E-state index is 0.0327. The zero-order chi connectivity index (χ0) is 22.0. The number of thiophene rings is 1. The minimum Gasteiger partial charge on any atom is -0.356 e. The minimum atomic E-state index is -0.479. The zero-order valence-corrected chi connectivity index (χ0v) is 18.5. The van der Waals surface area contributed by atoms with Gasteiger partial charge in [0.25, 0.3) is 5.91 Å². The van der Waals surface area contributed by atoms with Gasteiger partial charge in [-0.15, -0.1) is 11.3 Å². The Hall–Kier alpha value is -3.04. The predicted molar refractivity (Wildman–Crippen MR) is 124 cm³/mol. The van der Waals surface area contributed by atoms with Crippen LogP contribution in [0.15, 0.2) is 36.7 Å². The van der Waals surface area contributed by atoms with Crippen LogP contribution in [0.5, 0.6) is 0 Å². The third kappa shape index (κ3) is 3.32. The molecule has 5 heterocycles. The number of aryl methyl sites for hydroxylation is 1. The fourth-order valence-electron chi connectivity index (χ4n) is 4.63. The molecule has 2 fully saturated rings. The third-order valence-electron chi connectivity index (χ3n) is 6.63. The van der Waals surface area contributed by atoms with Gasteiger partial charge in [0.05, 0.1) is 16.3 Å². The van der Waals surface area contributed by atoms with Gasteiger partial charge in [-0.2, -0.15) is 0 Å². The van der Waals surface area contributed by atoms with Crippen LogP contribution in [-0.4, -0.2) is 38.9 Å². The van der Waals surface area contributed by atoms with E-state index in [0.717, 1.165) is 48.4 Å². The van der Waals surface area contributed by atoms with Gasteiger partial charge in [0.1, 0.15) is 10.6 Å². The summed E-state index contributed by atoms with van der Waals surface area (Å²) in [5.74, 6) is 0.695. The van der Waals surface area contributed by atoms with Crippen LogP contribution in [-0.2, 0) is 0 Å². The van der Waals surface area contributed by atoms with Gasteiger partial charge >= 0.3 is 0 Å². The smallest absolute Gasteiger partial charge is 0.265 e. The second-order valence-electron chi connectivity index (χ2n) is 8.98. The van der Waals surface area contributed by atoms with Gasteiger partial charge in [0.15, 0.2) is 11.5 Å². The van der Waals surface area contributed by atoms with Crippen molar-refractivity contribution in [3.63, 3.8) is 0 Å². The Kier molecular flexibility index (Phi) is 4.28. The van der Waals surface area contributed by atoms with E-state index in [9.17, 15) is 9.18 Å². The molecule has 1 atom stereocenters. The summed E-state index contributed by atoms with van der Waals surface area (Å²) >= 11 is 1.34. The summed E-state index contributed by atoms with van der Waals surface area (Å²) in [7, 11) is 0. The molecule has 1 saturated heterocycles. The molecule has 4 aromatic heterocycles. The number of carbonyl (C=O) groups excluding carboxylic acids is 1. The van der Waals surface area contributed by atoms with E-state index in [1.54, 1.807) is 23.7 Å². The molecule has 9 heteroatoms. The van der Waals surface area contributed by atoms with Crippen molar-refractivity contribution in [2.24, 2.45) is 11.7 Å². The van der Waals surface area contributed by atoms with Gasteiger partial charge in [-0.1, -0.05) is 0 Å². The molecular weight excluding hydrogens is 427 g/mol. The number of imidazole rings is 1. The molecular formula is C23H23FN6OS. The number of nitrogens with two attached hydrogens (primary N) is 1. The molecule has 1 saturated carbocycles. The molecule has 3 N–H and O–H groups in total. The summed E-state index contributed by atoms with van der Waals surface area (Å²) in [6, 6.07) is 7.14. The first-order chi connectivity index (χ1) is 15.4. The Labute approximate surface area is 188 Å². The number of nitrogens with zero attached hydrogens (tertiary/aromatic N) is 4. The molecule has 1 amide bonds. The van der Waals surface area contributed by atoms with Crippen molar-refractivity contribution in [1.82, 2.24) is 14.4 Å². The van der Waals surface area contributed by atoms with E-state index in [1.807, 2.05) is 18.2 Å². The SMILES string of the molecule is Cc1cn2cc(NC(=O)c3cc4ccc(N5CCC(C6(N)CC6)C5)nc4s3)cc(F)c2n1. The second-order valence-corrected chi connectivity index (χ2v) is 10.0. The summed E-state index contributed by atoms with van der Waals surface area (Å²) < 4.78 is 15.9. The first-order valence-electron chi connectivity index (χ1n) is 10.8. The predicted octanol–water partition coefficient (Wildman–Crippen LogP) is 3.96. The van der Waals surface area contributed by atoms with Crippen molar-refractivity contribution in [1.29, 1.82) is 0 Å². The van der Waals surface area contributed by atoms with Gasteiger partial charge < -0.3 is 20.4 Å². The van der Waals surface area contributed by atoms with Gasteiger partial charge in [0, 0.05) is 42.5 Å². The lowest BCUT2D eigenvalue weighted by Gasteiger charge is -2.20. The molecule has 4 aromatic rings. The van der Waals surface area contributed by atoms with E-state index in [-0.39, 0.29) is 17.1 Å². The molecule has 164 valence electrons. The maximum Gasteiger partial charge on any atom is 0.265 e. The molecule has 0 bridgehead atoms. The molecule has 0 spiro atoms. The third-order valence-corrected chi connectivity index (χ3v) is 7.67. The lowest BCUT2D eigenvalue weighted by Crippen LogP contribution is -2.34. The largest absolute Gasteiger partial charge is 0.356 e. The lowest BCUT2D eigenvalue weighted by atomic mass is 9.98. The first kappa shape index (κ1) is 19.6. The Balaban J connectivity index is 1.22. The summed E-state index contributed by atoms with van der Waals surface area (Å²) in [5, 5.41) is 3.71. The van der Waals surface area contributed by atoms with Crippen molar-refractivity contribution in [2.75, 3.05) is 23.3 Å². The number of pyridine rings is 2. The van der Waals surface area contributed by atoms with Crippen molar-refractivity contribution in [3.05, 3.63) is 53.0 Å². The number of fused-ring (bicyclic) bond motifs is 2. The Morgan fingerprint density at radius 1 is 1.28 bits per heavy atom. The Bertz CT molecular complexity index is 1370. The molecule has 2 aliphatic rings. The van der Waals surface area contributed by atoms with Gasteiger partial charge in [-0.3, -0.25) is 4.79 Å². The summed E-state index contributed by atoms with van der Waals surface area (Å²) in [4.78, 5) is 25.4. The van der Waals surface area contributed by atoms with Crippen LogP contribution in [0, 0.1) is 18.7 Å². The molecule has 6 rings (SSSR count). The van der Waals surface area contributed by atoms with Crippen molar-refractivity contribution in [2.45, 2.75) is 31.7 Å². The van der Waals surface area contributed by atoms with Gasteiger partial charge in [0.2, 0.25) is 0 Å². The number of rotatable bonds is 4. The molecule has 1 unspecified atom stereocenters. The number of carbonyl (C=O) groups is 1. The highest BCUT2D eigenvalue weighted by Gasteiger charge is 2.48. The number of hydrogen-bond donors (Lipinski definition) is 2. The van der Waals surface area contributed by atoms with Crippen molar-refractivity contribution in [3.8, 4) is 0 Å². The van der Waals surface area contributed by atoms with Crippen LogP contribution >= 0.6 is 11.3 Å². The zero-order valence-electron chi connectivity index (χ0n) is 17.6. The molecule has 1 aliphatic heterocycles. The highest BCUT2D eigenvalue weighted by molar-refractivity contribution is 7.20. The van der Waals surface area contributed by atoms with E-state index in [4.69, 9.17) is 10.7 Å². The number of nitrogens with one attached hydrogen (secondary N) is 1. The maximum atomic E-state index is 14.3. The average Bonchev–Trinajstić information content (AvgIpc) is 3.17. The van der Waals surface area contributed by atoms with Crippen LogP contribution in [0.2, 0.25) is 0 Å². The van der Waals surface area contributed by atoms with Gasteiger partial charge in [-0.25, -0.2) is 14.4 Å². The maximum absolute atomic E-state index is 14.3. The standard InChI is InChI=1S/C23H23FN6OS/c1-13-10-30-12-16(9-17(24)20(30)26-13)27-21(31)18-8-14-2-3-19(28-22(14)32-18)29-7-4-15(11-29)23(25)5-6-23/h2-3,8-10,12,15H,4-7,11,25H2,1H3,(H,27,31). The molecule has 1 aliphatic carbocycles. The molecule has 7 nitrogen and oxygen atoms in total. The monoisotopic (exact) mass is 450 g/mol. The number of halogens is 1. The van der Waals surface area contributed by atoms with E-state index >= 15 is 0 Å². The van der Waals surface area contributed by atoms with Crippen molar-refractivity contribution >= 4 is 44.6 Å². The average molecular weight is 451 g/mol. The Morgan fingerprint density at radius 3 is 2.94 bits per heavy atom. The Morgan fingerprint density at radius 2 is 2.12 bits per heavy atom. The van der Waals surface area contributed by atoms with E-state index in [2.05, 4.69) is 15.2 Å². The van der Waals surface area contributed by atoms with Gasteiger partial charge in [-0.05, 0) is 50.3 Å². The van der Waals surface area contributed by atoms with Crippen LogP contribution < -0.4 is 16.0 Å². The van der Waals surface area contributed by atoms with Crippen LogP contribution in [0.4, 0.5) is 15.9 Å². The molecule has 32 heavy (non-hydrogen) atoms. The number of amides is 1. The topological polar surface area (TPSA) is 88.5 Å². The summed E-state index contributed by atoms with van der Waals surface area (Å²) in [6.45, 7) is 3.70. The molecule has 0 aromatic carbocycles. The number of anilines is 2. The van der Waals surface area contributed by atoms with Crippen molar-refractivity contribution < 1.29 is 9.18 Å². The van der Waals surface area contributed by atoms with Crippen LogP contribution in [0.1, 0.15) is 34.6 Å².